The van der Waals surface area contributed by atoms with Crippen molar-refractivity contribution in [2.24, 2.45) is 0 Å². The second-order valence-corrected chi connectivity index (χ2v) is 12.2. The summed E-state index contributed by atoms with van der Waals surface area (Å²) in [5.41, 5.74) is 0. The van der Waals surface area contributed by atoms with Crippen molar-refractivity contribution in [2.45, 2.75) is 50.4 Å². The fourth-order valence-electron chi connectivity index (χ4n) is 4.37. The van der Waals surface area contributed by atoms with Gasteiger partial charge in [-0.2, -0.15) is 0 Å². The van der Waals surface area contributed by atoms with E-state index in [1.165, 1.54) is 0 Å². The molecule has 1 aliphatic rings. The predicted molar refractivity (Wildman–Crippen MR) is 114 cm³/mol. The molecule has 2 aromatic rings. The lowest BCUT2D eigenvalue weighted by atomic mass is 10.00. The highest BCUT2D eigenvalue weighted by molar-refractivity contribution is 6.98. The van der Waals surface area contributed by atoms with E-state index in [4.69, 9.17) is 9.47 Å². The standard InChI is InChI=1S/C23H32O4Si/c1-22(2,14-9-15-23(16-17-24)26-18-19-27-23)28(25,20-10-5-3-6-11-20)21-12-7-4-8-13-21/h3-8,10-13,24-25H,9,14-19H2,1-2H3. The Morgan fingerprint density at radius 1 is 0.893 bits per heavy atom. The van der Waals surface area contributed by atoms with Gasteiger partial charge in [-0.15, -0.1) is 0 Å². The second-order valence-electron chi connectivity index (χ2n) is 8.26. The Labute approximate surface area is 169 Å². The summed E-state index contributed by atoms with van der Waals surface area (Å²) >= 11 is 0. The molecule has 2 aromatic carbocycles. The molecule has 1 saturated heterocycles. The number of hydrogen-bond donors (Lipinski definition) is 2. The maximum absolute atomic E-state index is 12.2. The minimum Gasteiger partial charge on any atom is -0.424 e. The Morgan fingerprint density at radius 3 is 1.86 bits per heavy atom. The number of rotatable bonds is 9. The Balaban J connectivity index is 1.83. The molecule has 0 bridgehead atoms. The topological polar surface area (TPSA) is 58.9 Å². The van der Waals surface area contributed by atoms with E-state index in [2.05, 4.69) is 38.1 Å². The molecule has 0 aromatic heterocycles. The second kappa shape index (κ2) is 8.89. The summed E-state index contributed by atoms with van der Waals surface area (Å²) in [7, 11) is -2.98. The van der Waals surface area contributed by atoms with E-state index in [-0.39, 0.29) is 11.6 Å². The predicted octanol–water partition coefficient (Wildman–Crippen LogP) is 2.81. The smallest absolute Gasteiger partial charge is 0.258 e. The van der Waals surface area contributed by atoms with E-state index in [0.717, 1.165) is 29.6 Å². The first-order valence-electron chi connectivity index (χ1n) is 10.2. The van der Waals surface area contributed by atoms with Crippen LogP contribution >= 0.6 is 0 Å². The Kier molecular flexibility index (Phi) is 6.73. The molecule has 0 spiro atoms. The van der Waals surface area contributed by atoms with Crippen LogP contribution in [0.15, 0.2) is 60.7 Å². The quantitative estimate of drug-likeness (QED) is 0.636. The molecule has 3 rings (SSSR count). The lowest BCUT2D eigenvalue weighted by molar-refractivity contribution is -0.172. The molecule has 5 heteroatoms. The van der Waals surface area contributed by atoms with Gasteiger partial charge in [-0.25, -0.2) is 0 Å². The molecule has 1 heterocycles. The molecular weight excluding hydrogens is 368 g/mol. The van der Waals surface area contributed by atoms with Crippen molar-refractivity contribution in [1.29, 1.82) is 0 Å². The molecule has 152 valence electrons. The lowest BCUT2D eigenvalue weighted by Crippen LogP contribution is -2.65. The zero-order chi connectivity index (χ0) is 20.1. The molecule has 0 radical (unpaired) electrons. The Bertz CT molecular complexity index is 687. The zero-order valence-electron chi connectivity index (χ0n) is 16.9. The van der Waals surface area contributed by atoms with Gasteiger partial charge in [-0.05, 0) is 28.3 Å². The minimum atomic E-state index is -2.98. The highest BCUT2D eigenvalue weighted by atomic mass is 28.4. The first-order chi connectivity index (χ1) is 13.4. The van der Waals surface area contributed by atoms with Crippen LogP contribution in [0.1, 0.15) is 39.5 Å². The number of hydrogen-bond acceptors (Lipinski definition) is 4. The van der Waals surface area contributed by atoms with Crippen molar-refractivity contribution in [2.75, 3.05) is 19.8 Å². The highest BCUT2D eigenvalue weighted by Crippen LogP contribution is 2.41. The average molecular weight is 401 g/mol. The van der Waals surface area contributed by atoms with Gasteiger partial charge < -0.3 is 19.4 Å². The monoisotopic (exact) mass is 400 g/mol. The van der Waals surface area contributed by atoms with Gasteiger partial charge in [0.1, 0.15) is 0 Å². The first-order valence-corrected chi connectivity index (χ1v) is 12.1. The van der Waals surface area contributed by atoms with E-state index >= 15 is 0 Å². The van der Waals surface area contributed by atoms with E-state index in [0.29, 0.717) is 19.6 Å². The summed E-state index contributed by atoms with van der Waals surface area (Å²) in [6.07, 6.45) is 2.93. The summed E-state index contributed by atoms with van der Waals surface area (Å²) in [5.74, 6) is -0.663. The minimum absolute atomic E-state index is 0.0517. The van der Waals surface area contributed by atoms with E-state index in [1.807, 2.05) is 36.4 Å². The van der Waals surface area contributed by atoms with Crippen LogP contribution in [0.4, 0.5) is 0 Å². The maximum Gasteiger partial charge on any atom is 0.258 e. The first kappa shape index (κ1) is 21.2. The van der Waals surface area contributed by atoms with Gasteiger partial charge in [0.15, 0.2) is 5.79 Å². The number of ether oxygens (including phenoxy) is 2. The number of benzene rings is 2. The summed E-state index contributed by atoms with van der Waals surface area (Å²) in [6.45, 7) is 5.56. The van der Waals surface area contributed by atoms with Gasteiger partial charge in [-0.3, -0.25) is 0 Å². The molecule has 0 saturated carbocycles. The van der Waals surface area contributed by atoms with Gasteiger partial charge in [0, 0.05) is 19.4 Å². The third kappa shape index (κ3) is 4.24. The van der Waals surface area contributed by atoms with Crippen LogP contribution < -0.4 is 10.4 Å². The van der Waals surface area contributed by atoms with E-state index in [9.17, 15) is 9.90 Å². The summed E-state index contributed by atoms with van der Waals surface area (Å²) in [6, 6.07) is 20.2. The summed E-state index contributed by atoms with van der Waals surface area (Å²) in [4.78, 5) is 12.2. The molecule has 0 amide bonds. The number of aliphatic hydroxyl groups excluding tert-OH is 1. The van der Waals surface area contributed by atoms with Gasteiger partial charge in [-0.1, -0.05) is 74.5 Å². The SMILES string of the molecule is CC(C)(CCCC1(CCO)OCCO1)[Si](O)(c1ccccc1)c1ccccc1. The zero-order valence-corrected chi connectivity index (χ0v) is 17.9. The van der Waals surface area contributed by atoms with Crippen molar-refractivity contribution in [3.8, 4) is 0 Å². The molecular formula is C23H32O4Si. The molecule has 1 aliphatic heterocycles. The summed E-state index contributed by atoms with van der Waals surface area (Å²) in [5, 5.41) is 11.2. The van der Waals surface area contributed by atoms with E-state index < -0.39 is 14.1 Å². The Morgan fingerprint density at radius 2 is 1.39 bits per heavy atom. The van der Waals surface area contributed by atoms with Crippen LogP contribution in [0, 0.1) is 0 Å². The van der Waals surface area contributed by atoms with Crippen LogP contribution in [0.5, 0.6) is 0 Å². The van der Waals surface area contributed by atoms with Crippen LogP contribution in [0.25, 0.3) is 0 Å². The molecule has 1 fully saturated rings. The van der Waals surface area contributed by atoms with Gasteiger partial charge >= 0.3 is 0 Å². The third-order valence-corrected chi connectivity index (χ3v) is 10.6. The fraction of sp³-hybridized carbons (Fsp3) is 0.478. The van der Waals surface area contributed by atoms with Gasteiger partial charge in [0.05, 0.1) is 13.2 Å². The molecule has 28 heavy (non-hydrogen) atoms. The van der Waals surface area contributed by atoms with Crippen molar-refractivity contribution >= 4 is 18.7 Å². The summed E-state index contributed by atoms with van der Waals surface area (Å²) < 4.78 is 11.6. The van der Waals surface area contributed by atoms with Gasteiger partial charge in [0.2, 0.25) is 0 Å². The fourth-order valence-corrected chi connectivity index (χ4v) is 8.15. The van der Waals surface area contributed by atoms with Crippen molar-refractivity contribution in [1.82, 2.24) is 0 Å². The highest BCUT2D eigenvalue weighted by Gasteiger charge is 2.49. The lowest BCUT2D eigenvalue weighted by Gasteiger charge is -2.42. The third-order valence-electron chi connectivity index (χ3n) is 6.03. The van der Waals surface area contributed by atoms with Crippen molar-refractivity contribution in [3.63, 3.8) is 0 Å². The van der Waals surface area contributed by atoms with Crippen LogP contribution in [-0.4, -0.2) is 43.8 Å². The van der Waals surface area contributed by atoms with Gasteiger partial charge in [0.25, 0.3) is 8.32 Å². The number of aliphatic hydroxyl groups is 1. The van der Waals surface area contributed by atoms with Crippen molar-refractivity contribution < 1.29 is 19.4 Å². The van der Waals surface area contributed by atoms with E-state index in [1.54, 1.807) is 0 Å². The Hall–Kier alpha value is -1.50. The van der Waals surface area contributed by atoms with Crippen LogP contribution in [0.2, 0.25) is 5.04 Å². The molecule has 4 nitrogen and oxygen atoms in total. The normalized spacial score (nSPS) is 17.0. The van der Waals surface area contributed by atoms with Crippen LogP contribution in [-0.2, 0) is 9.47 Å². The molecule has 0 unspecified atom stereocenters. The molecule has 2 N–H and O–H groups in total. The van der Waals surface area contributed by atoms with Crippen LogP contribution in [0.3, 0.4) is 0 Å². The molecule has 0 aliphatic carbocycles. The van der Waals surface area contributed by atoms with Crippen molar-refractivity contribution in [3.05, 3.63) is 60.7 Å². The maximum atomic E-state index is 12.2. The average Bonchev–Trinajstić information content (AvgIpc) is 3.17. The largest absolute Gasteiger partial charge is 0.424 e. The molecule has 0 atom stereocenters.